The SMILES string of the molecule is [2H]c1c([2H])c([2H])c2c(c1[2H])c1c([2H])c([2H])c([2H])c([2H])c1n2-c1cccc(N(c2cc(N(c3cccc(-n4c5c([2H])c([2H])c([2H])c([2H])c5c5c([2H])c([2H])c([2H])c([2H])c54)c3)c3c(-c4cc5ccccc5c5ccccc45)cccc3-c3cc4ccccc4c4ccccc34)cc(C(C)(C)C)c2)c2c(-c3cc4ccccc4c4ccccc34)cccc2-c2cc3ccccc3c3ccccc23)c1. The fourth-order valence-corrected chi connectivity index (χ4v) is 18.5. The van der Waals surface area contributed by atoms with Gasteiger partial charge in [0.1, 0.15) is 0 Å². The van der Waals surface area contributed by atoms with Gasteiger partial charge in [0.05, 0.1) is 55.4 Å². The maximum Gasteiger partial charge on any atom is 0.0645 e. The number of hydrogen-bond acceptors (Lipinski definition) is 2. The highest BCUT2D eigenvalue weighted by Crippen LogP contribution is 2.56. The molecule has 0 saturated heterocycles. The van der Waals surface area contributed by atoms with Gasteiger partial charge in [-0.2, -0.15) is 0 Å². The average Bonchev–Trinajstić information content (AvgIpc) is 1.39. The number of aromatic nitrogens is 2. The van der Waals surface area contributed by atoms with Crippen LogP contribution in [0.5, 0.6) is 0 Å². The summed E-state index contributed by atoms with van der Waals surface area (Å²) in [7, 11) is 0. The van der Waals surface area contributed by atoms with Gasteiger partial charge in [-0.15, -0.1) is 0 Å². The lowest BCUT2D eigenvalue weighted by Crippen LogP contribution is -2.19. The van der Waals surface area contributed by atoms with Gasteiger partial charge in [0.2, 0.25) is 0 Å². The van der Waals surface area contributed by atoms with Gasteiger partial charge in [-0.25, -0.2) is 0 Å². The second-order valence-electron chi connectivity index (χ2n) is 31.4. The van der Waals surface area contributed by atoms with Gasteiger partial charge < -0.3 is 18.9 Å². The molecule has 0 fully saturated rings. The van der Waals surface area contributed by atoms with Crippen molar-refractivity contribution in [3.05, 3.63) is 424 Å². The van der Waals surface area contributed by atoms with Crippen molar-refractivity contribution in [2.45, 2.75) is 26.2 Å². The Bertz CT molecular complexity index is 8180. The molecule has 0 aliphatic rings. The molecule has 0 atom stereocenters. The summed E-state index contributed by atoms with van der Waals surface area (Å²) in [5, 5.41) is 15.6. The Balaban J connectivity index is 0.921. The first-order valence-electron chi connectivity index (χ1n) is 47.7. The quantitative estimate of drug-likeness (QED) is 0.113. The van der Waals surface area contributed by atoms with Gasteiger partial charge >= 0.3 is 0 Å². The van der Waals surface area contributed by atoms with Gasteiger partial charge in [0, 0.05) is 77.9 Å². The highest BCUT2D eigenvalue weighted by molar-refractivity contribution is 6.22. The van der Waals surface area contributed by atoms with Crippen molar-refractivity contribution in [2.24, 2.45) is 0 Å². The highest BCUT2D eigenvalue weighted by Gasteiger charge is 2.32. The summed E-state index contributed by atoms with van der Waals surface area (Å²) < 4.78 is 156. The summed E-state index contributed by atoms with van der Waals surface area (Å²) in [6.45, 7) is 6.52. The molecule has 2 heterocycles. The number of rotatable bonds is 12. The monoisotopic (exact) mass is 1520 g/mol. The smallest absolute Gasteiger partial charge is 0.0645 e. The molecule has 0 amide bonds. The zero-order valence-electron chi connectivity index (χ0n) is 80.4. The molecule has 4 heteroatoms. The summed E-state index contributed by atoms with van der Waals surface area (Å²) in [6, 6.07) is 103. The molecule has 118 heavy (non-hydrogen) atoms. The second kappa shape index (κ2) is 27.3. The van der Waals surface area contributed by atoms with E-state index in [0.717, 1.165) is 136 Å². The Morgan fingerprint density at radius 1 is 0.212 bits per heavy atom. The Morgan fingerprint density at radius 3 is 0.754 bits per heavy atom. The van der Waals surface area contributed by atoms with Crippen molar-refractivity contribution in [2.75, 3.05) is 9.80 Å². The van der Waals surface area contributed by atoms with E-state index in [2.05, 4.69) is 279 Å². The Morgan fingerprint density at radius 2 is 0.466 bits per heavy atom. The van der Waals surface area contributed by atoms with Crippen molar-refractivity contribution >= 4 is 164 Å². The maximum absolute atomic E-state index is 9.96. The first kappa shape index (κ1) is 53.8. The Kier molecular flexibility index (Phi) is 12.5. The Labute approximate surface area is 706 Å². The molecule has 23 aromatic rings. The minimum atomic E-state index is -0.757. The molecule has 0 bridgehead atoms. The van der Waals surface area contributed by atoms with Crippen LogP contribution in [0.2, 0.25) is 0 Å². The zero-order valence-corrected chi connectivity index (χ0v) is 64.4. The van der Waals surface area contributed by atoms with Crippen LogP contribution in [-0.4, -0.2) is 9.13 Å². The molecule has 2 aromatic heterocycles. The number of para-hydroxylation sites is 6. The van der Waals surface area contributed by atoms with E-state index in [0.29, 0.717) is 45.5 Å². The van der Waals surface area contributed by atoms with E-state index in [4.69, 9.17) is 0 Å². The predicted octanol–water partition coefficient (Wildman–Crippen LogP) is 32.0. The molecule has 0 saturated carbocycles. The fraction of sp³-hybridized carbons (Fsp3) is 0.0351. The van der Waals surface area contributed by atoms with E-state index in [1.165, 1.54) is 0 Å². The molecule has 4 nitrogen and oxygen atoms in total. The van der Waals surface area contributed by atoms with Gasteiger partial charge in [0.15, 0.2) is 0 Å². The van der Waals surface area contributed by atoms with E-state index in [-0.39, 0.29) is 43.6 Å². The third-order valence-corrected chi connectivity index (χ3v) is 23.8. The van der Waals surface area contributed by atoms with E-state index >= 15 is 0 Å². The first-order valence-corrected chi connectivity index (χ1v) is 39.7. The molecule has 21 aromatic carbocycles. The molecular formula is C114H78N4. The largest absolute Gasteiger partial charge is 0.309 e. The molecule has 554 valence electrons. The molecule has 0 spiro atoms. The first-order chi connectivity index (χ1) is 64.8. The molecule has 0 aliphatic carbocycles. The summed E-state index contributed by atoms with van der Waals surface area (Å²) in [5.41, 5.74) is 10.7. The van der Waals surface area contributed by atoms with Gasteiger partial charge in [-0.3, -0.25) is 0 Å². The summed E-state index contributed by atoms with van der Waals surface area (Å²) in [4.78, 5) is 4.54. The van der Waals surface area contributed by atoms with Crippen LogP contribution in [-0.2, 0) is 5.41 Å². The lowest BCUT2D eigenvalue weighted by atomic mass is 9.85. The molecule has 0 N–H and O–H groups in total. The highest BCUT2D eigenvalue weighted by atomic mass is 15.2. The zero-order chi connectivity index (χ0) is 92.2. The third kappa shape index (κ3) is 11.0. The van der Waals surface area contributed by atoms with E-state index in [1.54, 1.807) is 21.3 Å². The predicted molar refractivity (Wildman–Crippen MR) is 505 cm³/mol. The minimum Gasteiger partial charge on any atom is -0.309 e. The third-order valence-electron chi connectivity index (χ3n) is 23.8. The molecule has 23 rings (SSSR count). The molecular weight excluding hydrogens is 1430 g/mol. The number of fused-ring (bicyclic) bond motifs is 18. The van der Waals surface area contributed by atoms with Crippen LogP contribution in [0.1, 0.15) is 48.3 Å². The lowest BCUT2D eigenvalue weighted by Gasteiger charge is -2.36. The summed E-state index contributed by atoms with van der Waals surface area (Å²) in [6.07, 6.45) is 0. The van der Waals surface area contributed by atoms with E-state index in [1.807, 2.05) is 60.7 Å². The van der Waals surface area contributed by atoms with Gasteiger partial charge in [-0.1, -0.05) is 336 Å². The topological polar surface area (TPSA) is 16.3 Å². The van der Waals surface area contributed by atoms with Crippen LogP contribution in [0.25, 0.3) is 186 Å². The second-order valence-corrected chi connectivity index (χ2v) is 31.4. The lowest BCUT2D eigenvalue weighted by molar-refractivity contribution is 0.590. The normalized spacial score (nSPS) is 13.9. The number of nitrogens with zero attached hydrogens (tertiary/aromatic N) is 4. The van der Waals surface area contributed by atoms with Crippen LogP contribution in [0.3, 0.4) is 0 Å². The van der Waals surface area contributed by atoms with Crippen molar-refractivity contribution < 1.29 is 21.9 Å². The molecule has 0 unspecified atom stereocenters. The maximum atomic E-state index is 9.96. The van der Waals surface area contributed by atoms with Crippen molar-refractivity contribution in [1.29, 1.82) is 0 Å². The van der Waals surface area contributed by atoms with E-state index in [9.17, 15) is 21.9 Å². The summed E-state index contributed by atoms with van der Waals surface area (Å²) in [5.74, 6) is 0. The van der Waals surface area contributed by atoms with Gasteiger partial charge in [0.25, 0.3) is 0 Å². The summed E-state index contributed by atoms with van der Waals surface area (Å²) >= 11 is 0. The van der Waals surface area contributed by atoms with Crippen molar-refractivity contribution in [1.82, 2.24) is 9.13 Å². The molecule has 0 aliphatic heterocycles. The Hall–Kier alpha value is -15.1. The van der Waals surface area contributed by atoms with Crippen LogP contribution in [0.4, 0.5) is 34.1 Å². The van der Waals surface area contributed by atoms with E-state index < -0.39 is 102 Å². The average molecular weight is 1520 g/mol. The van der Waals surface area contributed by atoms with Crippen LogP contribution in [0.15, 0.2) is 418 Å². The van der Waals surface area contributed by atoms with Crippen molar-refractivity contribution in [3.63, 3.8) is 0 Å². The van der Waals surface area contributed by atoms with Gasteiger partial charge in [-0.05, 0) is 222 Å². The van der Waals surface area contributed by atoms with Crippen LogP contribution in [0, 0.1) is 0 Å². The fourth-order valence-electron chi connectivity index (χ4n) is 18.5. The number of benzene rings is 21. The standard InChI is InChI=1S/C114H78N4/c1-114(2,3)77-68-82(115(78-36-28-38-80(70-78)117-108-60-24-20-52-96(108)97-53-21-25-61-109(97)117)112-100(104-64-73-32-4-8-40-84(73)88-44-12-16-48-92(88)104)56-30-57-101(112)105-65-74-33-5-9-41-85(74)89-45-13-17-49-93(89)105)72-83(69-77)116(79-37-29-39-81(71-79)118-110-62-26-22-54-98(110)99-55-23-27-63-111(99)118)113-102(106-66-75-34-6-10-42-86(75)90-46-14-18-50-94(90)106)58-31-59-103(113)107-67-76-35-7-11-43-87(76)91-47-15-19-51-95(91)107/h4-72H,1-3H3/i20D,21D,22D,23D,24D,25D,26D,27D,52D,53D,54D,55D,60D,61D,62D,63D. The van der Waals surface area contributed by atoms with Crippen LogP contribution < -0.4 is 9.80 Å². The van der Waals surface area contributed by atoms with Crippen molar-refractivity contribution in [3.8, 4) is 55.9 Å². The van der Waals surface area contributed by atoms with Crippen LogP contribution >= 0.6 is 0 Å². The molecule has 0 radical (unpaired) electrons. The number of anilines is 6. The minimum absolute atomic E-state index is 0.0579. The number of hydrogen-bond donors (Lipinski definition) is 0.